The third kappa shape index (κ3) is 2.57. The van der Waals surface area contributed by atoms with Crippen LogP contribution < -0.4 is 0 Å². The molecule has 27 heavy (non-hydrogen) atoms. The normalized spacial score (nSPS) is 34.9. The third-order valence-electron chi connectivity index (χ3n) is 7.03. The number of methoxy groups -OCH3 is 1. The van der Waals surface area contributed by atoms with Gasteiger partial charge >= 0.3 is 11.9 Å². The van der Waals surface area contributed by atoms with Gasteiger partial charge in [-0.15, -0.1) is 0 Å². The third-order valence-corrected chi connectivity index (χ3v) is 7.03. The number of hydrogen-bond acceptors (Lipinski definition) is 6. The smallest absolute Gasteiger partial charge is 0.334 e. The van der Waals surface area contributed by atoms with Gasteiger partial charge in [0.2, 0.25) is 0 Å². The van der Waals surface area contributed by atoms with Crippen molar-refractivity contribution >= 4 is 17.7 Å². The molecule has 1 aromatic heterocycles. The minimum Gasteiger partial charge on any atom is -0.472 e. The van der Waals surface area contributed by atoms with Gasteiger partial charge in [0.15, 0.2) is 5.78 Å². The number of rotatable bonds is 4. The summed E-state index contributed by atoms with van der Waals surface area (Å²) in [5, 5.41) is 0. The van der Waals surface area contributed by atoms with E-state index in [4.69, 9.17) is 13.9 Å². The fourth-order valence-electron chi connectivity index (χ4n) is 5.76. The number of cyclic esters (lactones) is 1. The van der Waals surface area contributed by atoms with Crippen LogP contribution in [0.3, 0.4) is 0 Å². The van der Waals surface area contributed by atoms with Crippen molar-refractivity contribution in [3.05, 3.63) is 35.8 Å². The van der Waals surface area contributed by atoms with Gasteiger partial charge in [-0.3, -0.25) is 9.59 Å². The molecule has 2 fully saturated rings. The lowest BCUT2D eigenvalue weighted by atomic mass is 9.46. The van der Waals surface area contributed by atoms with Gasteiger partial charge in [-0.05, 0) is 43.1 Å². The van der Waals surface area contributed by atoms with E-state index in [0.717, 1.165) is 18.4 Å². The lowest BCUT2D eigenvalue weighted by molar-refractivity contribution is -0.160. The molecule has 1 aliphatic heterocycles. The molecule has 0 aromatic carbocycles. The first-order chi connectivity index (χ1) is 12.9. The van der Waals surface area contributed by atoms with Gasteiger partial charge in [0, 0.05) is 17.4 Å². The van der Waals surface area contributed by atoms with Crippen molar-refractivity contribution in [1.29, 1.82) is 0 Å². The minimum atomic E-state index is -0.618. The largest absolute Gasteiger partial charge is 0.472 e. The van der Waals surface area contributed by atoms with Crippen LogP contribution in [0, 0.1) is 22.7 Å². The first-order valence-electron chi connectivity index (χ1n) is 9.43. The van der Waals surface area contributed by atoms with Gasteiger partial charge in [0.1, 0.15) is 12.9 Å². The number of carbonyl (C=O) groups is 3. The quantitative estimate of drug-likeness (QED) is 0.596. The molecule has 0 bridgehead atoms. The molecule has 2 heterocycles. The number of esters is 2. The molecule has 6 heteroatoms. The number of carbonyl (C=O) groups excluding carboxylic acids is 3. The van der Waals surface area contributed by atoms with Crippen molar-refractivity contribution in [2.75, 3.05) is 13.7 Å². The Morgan fingerprint density at radius 1 is 1.33 bits per heavy atom. The molecule has 1 saturated carbocycles. The van der Waals surface area contributed by atoms with E-state index in [9.17, 15) is 14.4 Å². The fourth-order valence-corrected chi connectivity index (χ4v) is 5.76. The van der Waals surface area contributed by atoms with Crippen LogP contribution in [-0.4, -0.2) is 31.4 Å². The first kappa shape index (κ1) is 18.0. The Morgan fingerprint density at radius 3 is 2.85 bits per heavy atom. The molecule has 0 amide bonds. The summed E-state index contributed by atoms with van der Waals surface area (Å²) in [6.07, 6.45) is 7.95. The molecule has 0 radical (unpaired) electrons. The highest BCUT2D eigenvalue weighted by Crippen LogP contribution is 2.64. The summed E-state index contributed by atoms with van der Waals surface area (Å²) in [7, 11) is 1.39. The highest BCUT2D eigenvalue weighted by Gasteiger charge is 2.63. The lowest BCUT2D eigenvalue weighted by Crippen LogP contribution is -2.55. The van der Waals surface area contributed by atoms with Gasteiger partial charge in [0.25, 0.3) is 0 Å². The minimum absolute atomic E-state index is 0.00477. The van der Waals surface area contributed by atoms with E-state index in [2.05, 4.69) is 0 Å². The molecule has 6 nitrogen and oxygen atoms in total. The fraction of sp³-hybridized carbons (Fsp3) is 0.571. The standard InChI is InChI=1S/C21H24O6/c1-20(10-16(22)13-7-9-26-11-13)14(18(23)25-2)6-8-21-12-27-19(24)15(21)4-3-5-17(20)21/h4,7,9,11,14,17H,3,5-6,8,10,12H2,1-2H3/t14-,17+,20-,21+/m1/s1. The predicted molar refractivity (Wildman–Crippen MR) is 94.7 cm³/mol. The van der Waals surface area contributed by atoms with Gasteiger partial charge in [-0.2, -0.15) is 0 Å². The number of ether oxygens (including phenoxy) is 2. The maximum absolute atomic E-state index is 12.9. The number of furan rings is 1. The second-order valence-electron chi connectivity index (χ2n) is 8.21. The Hall–Kier alpha value is -2.37. The summed E-state index contributed by atoms with van der Waals surface area (Å²) in [6, 6.07) is 1.64. The molecule has 1 saturated heterocycles. The maximum Gasteiger partial charge on any atom is 0.334 e. The molecule has 0 unspecified atom stereocenters. The van der Waals surface area contributed by atoms with Gasteiger partial charge in [0.05, 0.1) is 24.9 Å². The van der Waals surface area contributed by atoms with Crippen LogP contribution in [0.5, 0.6) is 0 Å². The van der Waals surface area contributed by atoms with Crippen LogP contribution in [-0.2, 0) is 19.1 Å². The molecule has 3 aliphatic rings. The Labute approximate surface area is 157 Å². The zero-order valence-corrected chi connectivity index (χ0v) is 15.7. The monoisotopic (exact) mass is 372 g/mol. The highest BCUT2D eigenvalue weighted by atomic mass is 16.5. The van der Waals surface area contributed by atoms with Crippen molar-refractivity contribution in [3.8, 4) is 0 Å². The molecule has 1 aromatic rings. The first-order valence-corrected chi connectivity index (χ1v) is 9.43. The van der Waals surface area contributed by atoms with E-state index in [1.54, 1.807) is 6.07 Å². The van der Waals surface area contributed by atoms with Crippen molar-refractivity contribution in [1.82, 2.24) is 0 Å². The topological polar surface area (TPSA) is 82.8 Å². The number of Topliss-reactive ketones (excluding diaryl/α,β-unsaturated/α-hetero) is 1. The summed E-state index contributed by atoms with van der Waals surface area (Å²) < 4.78 is 15.6. The molecule has 2 aliphatic carbocycles. The van der Waals surface area contributed by atoms with E-state index >= 15 is 0 Å². The molecular weight excluding hydrogens is 348 g/mol. The molecule has 0 N–H and O–H groups in total. The van der Waals surface area contributed by atoms with Crippen LogP contribution in [0.4, 0.5) is 0 Å². The molecule has 1 spiro atoms. The second-order valence-corrected chi connectivity index (χ2v) is 8.21. The predicted octanol–water partition coefficient (Wildman–Crippen LogP) is 3.32. The SMILES string of the molecule is COC(=O)[C@H]1CC[C@]23COC(=O)C2=CCC[C@H]3[C@]1(C)CC(=O)c1ccoc1. The Morgan fingerprint density at radius 2 is 2.15 bits per heavy atom. The average Bonchev–Trinajstić information content (AvgIpc) is 3.30. The summed E-state index contributed by atoms with van der Waals surface area (Å²) in [4.78, 5) is 37.8. The number of hydrogen-bond donors (Lipinski definition) is 0. The summed E-state index contributed by atoms with van der Waals surface area (Å²) in [6.45, 7) is 2.34. The van der Waals surface area contributed by atoms with Crippen LogP contribution in [0.2, 0.25) is 0 Å². The van der Waals surface area contributed by atoms with Crippen LogP contribution in [0.15, 0.2) is 34.7 Å². The van der Waals surface area contributed by atoms with Crippen molar-refractivity contribution in [2.24, 2.45) is 22.7 Å². The van der Waals surface area contributed by atoms with Crippen LogP contribution in [0.25, 0.3) is 0 Å². The maximum atomic E-state index is 12.9. The zero-order chi connectivity index (χ0) is 19.2. The lowest BCUT2D eigenvalue weighted by Gasteiger charge is -2.55. The molecule has 144 valence electrons. The van der Waals surface area contributed by atoms with Gasteiger partial charge < -0.3 is 13.9 Å². The van der Waals surface area contributed by atoms with E-state index < -0.39 is 10.8 Å². The van der Waals surface area contributed by atoms with E-state index in [1.807, 2.05) is 13.0 Å². The van der Waals surface area contributed by atoms with Crippen LogP contribution >= 0.6 is 0 Å². The average molecular weight is 372 g/mol. The molecule has 4 rings (SSSR count). The second kappa shape index (κ2) is 6.36. The van der Waals surface area contributed by atoms with E-state index in [1.165, 1.54) is 19.6 Å². The summed E-state index contributed by atoms with van der Waals surface area (Å²) in [5.41, 5.74) is 0.229. The Balaban J connectivity index is 1.75. The van der Waals surface area contributed by atoms with Gasteiger partial charge in [-0.25, -0.2) is 4.79 Å². The van der Waals surface area contributed by atoms with Gasteiger partial charge in [-0.1, -0.05) is 13.0 Å². The van der Waals surface area contributed by atoms with Crippen molar-refractivity contribution < 1.29 is 28.3 Å². The van der Waals surface area contributed by atoms with Crippen LogP contribution in [0.1, 0.15) is 49.4 Å². The van der Waals surface area contributed by atoms with Crippen molar-refractivity contribution in [2.45, 2.75) is 39.0 Å². The highest BCUT2D eigenvalue weighted by molar-refractivity contribution is 5.97. The molecule has 4 atom stereocenters. The Bertz CT molecular complexity index is 807. The summed E-state index contributed by atoms with van der Waals surface area (Å²) in [5.74, 6) is -0.971. The molecular formula is C21H24O6. The van der Waals surface area contributed by atoms with E-state index in [-0.39, 0.29) is 36.0 Å². The number of allylic oxidation sites excluding steroid dienone is 1. The van der Waals surface area contributed by atoms with E-state index in [0.29, 0.717) is 25.0 Å². The number of ketones is 1. The summed E-state index contributed by atoms with van der Waals surface area (Å²) >= 11 is 0. The van der Waals surface area contributed by atoms with Crippen molar-refractivity contribution in [3.63, 3.8) is 0 Å². The zero-order valence-electron chi connectivity index (χ0n) is 15.7. The Kier molecular flexibility index (Phi) is 4.24.